The summed E-state index contributed by atoms with van der Waals surface area (Å²) in [4.78, 5) is 23.2. The third kappa shape index (κ3) is 3.38. The van der Waals surface area contributed by atoms with Crippen LogP contribution in [0.5, 0.6) is 0 Å². The van der Waals surface area contributed by atoms with E-state index in [2.05, 4.69) is 26.6 Å². The summed E-state index contributed by atoms with van der Waals surface area (Å²) in [6.45, 7) is 2.82. The van der Waals surface area contributed by atoms with Crippen molar-refractivity contribution in [1.29, 1.82) is 5.26 Å². The molecule has 1 amide bonds. The monoisotopic (exact) mass is 447 g/mol. The molecule has 0 unspecified atom stereocenters. The van der Waals surface area contributed by atoms with Crippen LogP contribution in [-0.4, -0.2) is 53.4 Å². The zero-order valence-electron chi connectivity index (χ0n) is 17.7. The van der Waals surface area contributed by atoms with Gasteiger partial charge in [-0.05, 0) is 11.4 Å². The number of hydrogen-bond donors (Lipinski definition) is 1. The van der Waals surface area contributed by atoms with Gasteiger partial charge in [-0.25, -0.2) is 9.97 Å². The molecule has 1 N–H and O–H groups in total. The first kappa shape index (κ1) is 20.1. The predicted molar refractivity (Wildman–Crippen MR) is 120 cm³/mol. The molecule has 11 heteroatoms. The maximum absolute atomic E-state index is 12.0. The number of anilines is 2. The minimum absolute atomic E-state index is 0.0909. The van der Waals surface area contributed by atoms with Crippen molar-refractivity contribution in [3.05, 3.63) is 36.2 Å². The van der Waals surface area contributed by atoms with E-state index in [9.17, 15) is 10.1 Å². The van der Waals surface area contributed by atoms with E-state index in [4.69, 9.17) is 4.98 Å². The van der Waals surface area contributed by atoms with Crippen LogP contribution in [0.15, 0.2) is 36.2 Å². The zero-order chi connectivity index (χ0) is 22.3. The molecule has 10 nitrogen and oxygen atoms in total. The van der Waals surface area contributed by atoms with E-state index in [0.717, 1.165) is 27.2 Å². The molecule has 0 radical (unpaired) electrons. The van der Waals surface area contributed by atoms with Crippen LogP contribution >= 0.6 is 11.3 Å². The van der Waals surface area contributed by atoms with E-state index >= 15 is 0 Å². The summed E-state index contributed by atoms with van der Waals surface area (Å²) in [5.41, 5.74) is 2.75. The molecule has 0 aromatic carbocycles. The minimum Gasteiger partial charge on any atom is -0.338 e. The molecule has 0 spiro atoms. The fourth-order valence-electron chi connectivity index (χ4n) is 3.98. The first-order chi connectivity index (χ1) is 15.5. The van der Waals surface area contributed by atoms with Gasteiger partial charge in [0.15, 0.2) is 0 Å². The third-order valence-electron chi connectivity index (χ3n) is 5.64. The van der Waals surface area contributed by atoms with Gasteiger partial charge >= 0.3 is 0 Å². The second kappa shape index (κ2) is 7.72. The van der Waals surface area contributed by atoms with E-state index in [1.165, 1.54) is 0 Å². The average Bonchev–Trinajstić information content (AvgIpc) is 3.50. The lowest BCUT2D eigenvalue weighted by atomic mass is 9.86. The molecule has 1 aliphatic rings. The number of rotatable bonds is 6. The largest absolute Gasteiger partial charge is 0.338 e. The normalized spacial score (nSPS) is 14.8. The number of carbonyl (C=O) groups is 1. The van der Waals surface area contributed by atoms with Gasteiger partial charge in [0.1, 0.15) is 5.54 Å². The number of likely N-dealkylation sites (tertiary alicyclic amines) is 1. The fraction of sp³-hybridized carbons (Fsp3) is 0.333. The van der Waals surface area contributed by atoms with Crippen molar-refractivity contribution in [1.82, 2.24) is 34.4 Å². The van der Waals surface area contributed by atoms with Gasteiger partial charge in [-0.15, -0.1) is 11.3 Å². The maximum Gasteiger partial charge on any atom is 0.228 e. The Balaban J connectivity index is 1.49. The summed E-state index contributed by atoms with van der Waals surface area (Å²) < 4.78 is 4.49. The van der Waals surface area contributed by atoms with E-state index < -0.39 is 5.54 Å². The Labute approximate surface area is 188 Å². The smallest absolute Gasteiger partial charge is 0.228 e. The molecule has 32 heavy (non-hydrogen) atoms. The van der Waals surface area contributed by atoms with Gasteiger partial charge in [-0.1, -0.05) is 6.92 Å². The second-order valence-electron chi connectivity index (χ2n) is 7.89. The predicted octanol–water partition coefficient (Wildman–Crippen LogP) is 2.89. The number of nitrogens with one attached hydrogen (secondary N) is 1. The molecule has 0 saturated carbocycles. The van der Waals surface area contributed by atoms with Crippen LogP contribution in [0.2, 0.25) is 0 Å². The van der Waals surface area contributed by atoms with Gasteiger partial charge in [0.05, 0.1) is 46.5 Å². The number of nitriles is 1. The van der Waals surface area contributed by atoms with Crippen LogP contribution in [0, 0.1) is 11.3 Å². The van der Waals surface area contributed by atoms with Crippen molar-refractivity contribution in [2.24, 2.45) is 7.05 Å². The molecule has 162 valence electrons. The number of fused-ring (bicyclic) bond motifs is 1. The first-order valence-electron chi connectivity index (χ1n) is 10.2. The molecular formula is C21H21N9OS. The molecule has 0 bridgehead atoms. The Morgan fingerprint density at radius 3 is 2.84 bits per heavy atom. The first-order valence-corrected chi connectivity index (χ1v) is 11.1. The Morgan fingerprint density at radius 2 is 2.12 bits per heavy atom. The Kier molecular flexibility index (Phi) is 4.86. The highest BCUT2D eigenvalue weighted by Crippen LogP contribution is 2.36. The zero-order valence-corrected chi connectivity index (χ0v) is 18.5. The van der Waals surface area contributed by atoms with Crippen molar-refractivity contribution in [3.63, 3.8) is 0 Å². The van der Waals surface area contributed by atoms with Crippen LogP contribution < -0.4 is 5.32 Å². The number of aromatic nitrogens is 6. The van der Waals surface area contributed by atoms with Crippen LogP contribution in [0.4, 0.5) is 11.6 Å². The quantitative estimate of drug-likeness (QED) is 0.483. The molecule has 4 aromatic rings. The van der Waals surface area contributed by atoms with Crippen LogP contribution in [0.3, 0.4) is 0 Å². The lowest BCUT2D eigenvalue weighted by Crippen LogP contribution is -2.64. The van der Waals surface area contributed by atoms with Gasteiger partial charge < -0.3 is 10.2 Å². The van der Waals surface area contributed by atoms with Gasteiger partial charge in [0.25, 0.3) is 0 Å². The van der Waals surface area contributed by atoms with Crippen molar-refractivity contribution >= 4 is 39.1 Å². The standard InChI is InChI=1S/C21H21N9OS/c1-3-17(31)29-12-21(13-29,5-6-22)30-10-14(8-24-30)18-19-16(4-7-32-19)26-20(27-18)25-15-9-23-28(2)11-15/h4,7-11H,3,5,12-13H2,1-2H3,(H,25,26,27). The summed E-state index contributed by atoms with van der Waals surface area (Å²) >= 11 is 1.57. The summed E-state index contributed by atoms with van der Waals surface area (Å²) in [7, 11) is 1.85. The number of amides is 1. The van der Waals surface area contributed by atoms with Crippen molar-refractivity contribution in [3.8, 4) is 17.3 Å². The molecule has 4 aromatic heterocycles. The van der Waals surface area contributed by atoms with E-state index in [1.54, 1.807) is 33.3 Å². The molecule has 0 aliphatic carbocycles. The molecule has 0 atom stereocenters. The minimum atomic E-state index is -0.504. The van der Waals surface area contributed by atoms with Crippen molar-refractivity contribution < 1.29 is 4.79 Å². The average molecular weight is 448 g/mol. The van der Waals surface area contributed by atoms with E-state index in [-0.39, 0.29) is 12.3 Å². The highest BCUT2D eigenvalue weighted by molar-refractivity contribution is 7.17. The number of nitrogens with zero attached hydrogens (tertiary/aromatic N) is 8. The highest BCUT2D eigenvalue weighted by atomic mass is 32.1. The summed E-state index contributed by atoms with van der Waals surface area (Å²) in [6.07, 6.45) is 7.98. The molecular weight excluding hydrogens is 426 g/mol. The van der Waals surface area contributed by atoms with Crippen molar-refractivity contribution in [2.45, 2.75) is 25.3 Å². The van der Waals surface area contributed by atoms with Crippen LogP contribution in [0.25, 0.3) is 21.5 Å². The van der Waals surface area contributed by atoms with Crippen molar-refractivity contribution in [2.75, 3.05) is 18.4 Å². The molecule has 5 heterocycles. The van der Waals surface area contributed by atoms with Crippen LogP contribution in [0.1, 0.15) is 19.8 Å². The Hall–Kier alpha value is -3.78. The lowest BCUT2D eigenvalue weighted by Gasteiger charge is -2.49. The van der Waals surface area contributed by atoms with E-state index in [1.807, 2.05) is 42.5 Å². The Morgan fingerprint density at radius 1 is 1.28 bits per heavy atom. The fourth-order valence-corrected chi connectivity index (χ4v) is 4.83. The molecule has 1 saturated heterocycles. The lowest BCUT2D eigenvalue weighted by molar-refractivity contribution is -0.142. The van der Waals surface area contributed by atoms with Gasteiger partial charge in [-0.3, -0.25) is 14.2 Å². The summed E-state index contributed by atoms with van der Waals surface area (Å²) in [5.74, 6) is 0.565. The maximum atomic E-state index is 12.0. The third-order valence-corrected chi connectivity index (χ3v) is 6.55. The van der Waals surface area contributed by atoms with Gasteiger partial charge in [0.2, 0.25) is 11.9 Å². The summed E-state index contributed by atoms with van der Waals surface area (Å²) in [6, 6.07) is 4.22. The van der Waals surface area contributed by atoms with Gasteiger partial charge in [0, 0.05) is 44.5 Å². The number of hydrogen-bond acceptors (Lipinski definition) is 8. The van der Waals surface area contributed by atoms with E-state index in [0.29, 0.717) is 25.5 Å². The van der Waals surface area contributed by atoms with Gasteiger partial charge in [-0.2, -0.15) is 15.5 Å². The van der Waals surface area contributed by atoms with Crippen LogP contribution in [-0.2, 0) is 17.4 Å². The Bertz CT molecular complexity index is 1340. The number of aryl methyl sites for hydroxylation is 1. The summed E-state index contributed by atoms with van der Waals surface area (Å²) in [5, 5.41) is 23.3. The number of carbonyl (C=O) groups excluding carboxylic acids is 1. The topological polar surface area (TPSA) is 118 Å². The number of thiophene rings is 1. The SMILES string of the molecule is CCC(=O)N1CC(CC#N)(n2cc(-c3nc(Nc4cnn(C)c4)nc4ccsc34)cn2)C1. The molecule has 1 aliphatic heterocycles. The molecule has 1 fully saturated rings. The highest BCUT2D eigenvalue weighted by Gasteiger charge is 2.47. The second-order valence-corrected chi connectivity index (χ2v) is 8.81. The molecule has 5 rings (SSSR count).